The summed E-state index contributed by atoms with van der Waals surface area (Å²) in [4.78, 5) is 2.88. The van der Waals surface area contributed by atoms with E-state index in [2.05, 4.69) is 55.7 Å². The molecule has 1 heterocycles. The van der Waals surface area contributed by atoms with Gasteiger partial charge in [0.1, 0.15) is 0 Å². The zero-order chi connectivity index (χ0) is 24.9. The Bertz CT molecular complexity index is 1170. The largest absolute Gasteiger partial charge is 0.493 e. The minimum Gasteiger partial charge on any atom is -0.493 e. The van der Waals surface area contributed by atoms with Crippen molar-refractivity contribution in [2.45, 2.75) is 52.1 Å². The molecule has 0 N–H and O–H groups in total. The Kier molecular flexibility index (Phi) is 7.67. The maximum atomic E-state index is 8.84. The predicted molar refractivity (Wildman–Crippen MR) is 133 cm³/mol. The fraction of sp³-hybridized carbons (Fsp3) is 0.440. The molecule has 0 saturated heterocycles. The van der Waals surface area contributed by atoms with Gasteiger partial charge in [-0.15, -0.1) is 0 Å². The standard InChI is InChI=1S/C25H31N3O5Si/c1-25(2,3)34(6,7)33-15-19-13-23-22(31-16-32-23)12-18(19)9-8-17-10-11-21(29-4)24(30-5)20(17)14-27-28-26/h10-13H,14-16H2,1-7H3. The van der Waals surface area contributed by atoms with E-state index in [1.54, 1.807) is 20.3 Å². The Balaban J connectivity index is 2.04. The summed E-state index contributed by atoms with van der Waals surface area (Å²) in [7, 11) is 1.13. The van der Waals surface area contributed by atoms with Crippen LogP contribution in [-0.4, -0.2) is 29.3 Å². The number of azide groups is 1. The molecule has 3 rings (SSSR count). The van der Waals surface area contributed by atoms with Gasteiger partial charge in [0.2, 0.25) is 6.79 Å². The molecule has 9 heteroatoms. The van der Waals surface area contributed by atoms with Crippen LogP contribution in [0.1, 0.15) is 43.0 Å². The lowest BCUT2D eigenvalue weighted by Gasteiger charge is -2.36. The molecule has 0 amide bonds. The molecular formula is C25H31N3O5Si. The molecule has 8 nitrogen and oxygen atoms in total. The van der Waals surface area contributed by atoms with Crippen LogP contribution in [0.4, 0.5) is 0 Å². The first-order valence-corrected chi connectivity index (χ1v) is 13.9. The maximum absolute atomic E-state index is 8.84. The van der Waals surface area contributed by atoms with E-state index in [0.29, 0.717) is 40.7 Å². The van der Waals surface area contributed by atoms with Crippen molar-refractivity contribution in [3.8, 4) is 34.8 Å². The lowest BCUT2D eigenvalue weighted by Crippen LogP contribution is -2.40. The molecule has 0 saturated carbocycles. The smallest absolute Gasteiger partial charge is 0.231 e. The number of benzene rings is 2. The average Bonchev–Trinajstić information content (AvgIpc) is 3.25. The monoisotopic (exact) mass is 481 g/mol. The van der Waals surface area contributed by atoms with E-state index in [4.69, 9.17) is 28.9 Å². The van der Waals surface area contributed by atoms with E-state index < -0.39 is 8.32 Å². The number of hydrogen-bond donors (Lipinski definition) is 0. The van der Waals surface area contributed by atoms with Crippen molar-refractivity contribution in [2.24, 2.45) is 5.11 Å². The highest BCUT2D eigenvalue weighted by molar-refractivity contribution is 6.74. The molecule has 180 valence electrons. The Morgan fingerprint density at radius 1 is 1.06 bits per heavy atom. The van der Waals surface area contributed by atoms with Crippen molar-refractivity contribution >= 4 is 8.32 Å². The van der Waals surface area contributed by atoms with Gasteiger partial charge in [-0.25, -0.2) is 0 Å². The van der Waals surface area contributed by atoms with Crippen LogP contribution in [0.2, 0.25) is 18.1 Å². The van der Waals surface area contributed by atoms with Gasteiger partial charge >= 0.3 is 0 Å². The molecule has 0 unspecified atom stereocenters. The molecule has 34 heavy (non-hydrogen) atoms. The van der Waals surface area contributed by atoms with E-state index >= 15 is 0 Å². The lowest BCUT2D eigenvalue weighted by molar-refractivity contribution is 0.174. The molecule has 0 aromatic heterocycles. The number of nitrogens with zero attached hydrogens (tertiary/aromatic N) is 3. The van der Waals surface area contributed by atoms with Gasteiger partial charge in [-0.3, -0.25) is 0 Å². The summed E-state index contributed by atoms with van der Waals surface area (Å²) in [5, 5.41) is 3.80. The van der Waals surface area contributed by atoms with Gasteiger partial charge in [-0.2, -0.15) is 0 Å². The fourth-order valence-electron chi connectivity index (χ4n) is 3.20. The first kappa shape index (κ1) is 25.3. The minimum atomic E-state index is -1.97. The number of hydrogen-bond acceptors (Lipinski definition) is 6. The SMILES string of the molecule is COc1ccc(C#Cc2cc3c(cc2CO[Si](C)(C)C(C)(C)C)OCO3)c(CN=[N+]=[N-])c1OC. The second kappa shape index (κ2) is 10.3. The highest BCUT2D eigenvalue weighted by Gasteiger charge is 2.37. The molecule has 1 aliphatic rings. The third-order valence-electron chi connectivity index (χ3n) is 6.27. The van der Waals surface area contributed by atoms with Gasteiger partial charge in [-0.05, 0) is 47.4 Å². The van der Waals surface area contributed by atoms with Crippen LogP contribution in [0.15, 0.2) is 29.4 Å². The minimum absolute atomic E-state index is 0.0867. The van der Waals surface area contributed by atoms with Crippen LogP contribution >= 0.6 is 0 Å². The second-order valence-corrected chi connectivity index (χ2v) is 14.2. The highest BCUT2D eigenvalue weighted by Crippen LogP contribution is 2.39. The van der Waals surface area contributed by atoms with Crippen LogP contribution in [0.5, 0.6) is 23.0 Å². The summed E-state index contributed by atoms with van der Waals surface area (Å²) in [6.45, 7) is 11.8. The zero-order valence-corrected chi connectivity index (χ0v) is 21.8. The molecule has 2 aromatic rings. The summed E-state index contributed by atoms with van der Waals surface area (Å²) in [5.74, 6) is 8.86. The maximum Gasteiger partial charge on any atom is 0.231 e. The summed E-state index contributed by atoms with van der Waals surface area (Å²) >= 11 is 0. The van der Waals surface area contributed by atoms with Crippen LogP contribution in [-0.2, 0) is 17.6 Å². The lowest BCUT2D eigenvalue weighted by atomic mass is 10.0. The normalized spacial score (nSPS) is 12.4. The van der Waals surface area contributed by atoms with Crippen LogP contribution in [0, 0.1) is 11.8 Å². The summed E-state index contributed by atoms with van der Waals surface area (Å²) in [6.07, 6.45) is 0. The van der Waals surface area contributed by atoms with E-state index in [0.717, 1.165) is 11.1 Å². The highest BCUT2D eigenvalue weighted by atomic mass is 28.4. The first-order valence-electron chi connectivity index (χ1n) is 10.9. The molecule has 2 aromatic carbocycles. The van der Waals surface area contributed by atoms with Crippen LogP contribution in [0.3, 0.4) is 0 Å². The van der Waals surface area contributed by atoms with Gasteiger partial charge in [0, 0.05) is 27.7 Å². The number of ether oxygens (including phenoxy) is 4. The molecule has 1 aliphatic heterocycles. The van der Waals surface area contributed by atoms with Crippen molar-refractivity contribution in [2.75, 3.05) is 21.0 Å². The Labute approximate surface area is 201 Å². The fourth-order valence-corrected chi connectivity index (χ4v) is 4.15. The summed E-state index contributed by atoms with van der Waals surface area (Å²) in [6, 6.07) is 7.43. The molecule has 0 radical (unpaired) electrons. The number of fused-ring (bicyclic) bond motifs is 1. The zero-order valence-electron chi connectivity index (χ0n) is 20.8. The second-order valence-electron chi connectivity index (χ2n) is 9.38. The third-order valence-corrected chi connectivity index (χ3v) is 10.7. The Morgan fingerprint density at radius 2 is 1.74 bits per heavy atom. The molecule has 0 aliphatic carbocycles. The third kappa shape index (κ3) is 5.42. The summed E-state index contributed by atoms with van der Waals surface area (Å²) < 4.78 is 28.5. The predicted octanol–water partition coefficient (Wildman–Crippen LogP) is 6.16. The molecule has 0 bridgehead atoms. The van der Waals surface area contributed by atoms with E-state index in [1.165, 1.54) is 0 Å². The van der Waals surface area contributed by atoms with Gasteiger partial charge in [0.25, 0.3) is 0 Å². The van der Waals surface area contributed by atoms with Crippen molar-refractivity contribution in [1.29, 1.82) is 0 Å². The van der Waals surface area contributed by atoms with Gasteiger partial charge in [0.05, 0.1) is 27.4 Å². The molecular weight excluding hydrogens is 450 g/mol. The molecule has 0 spiro atoms. The molecule has 0 atom stereocenters. The van der Waals surface area contributed by atoms with Crippen LogP contribution in [0.25, 0.3) is 10.4 Å². The van der Waals surface area contributed by atoms with E-state index in [1.807, 2.05) is 18.2 Å². The van der Waals surface area contributed by atoms with Crippen molar-refractivity contribution in [3.05, 3.63) is 57.0 Å². The Hall–Kier alpha value is -3.31. The quantitative estimate of drug-likeness (QED) is 0.155. The summed E-state index contributed by atoms with van der Waals surface area (Å²) in [5.41, 5.74) is 11.9. The van der Waals surface area contributed by atoms with Gasteiger partial charge < -0.3 is 23.4 Å². The average molecular weight is 482 g/mol. The van der Waals surface area contributed by atoms with Crippen molar-refractivity contribution in [1.82, 2.24) is 0 Å². The number of rotatable bonds is 7. The number of methoxy groups -OCH3 is 2. The van der Waals surface area contributed by atoms with Gasteiger partial charge in [0.15, 0.2) is 31.3 Å². The van der Waals surface area contributed by atoms with E-state index in [-0.39, 0.29) is 18.4 Å². The van der Waals surface area contributed by atoms with Gasteiger partial charge in [-0.1, -0.05) is 37.7 Å². The Morgan fingerprint density at radius 3 is 2.35 bits per heavy atom. The van der Waals surface area contributed by atoms with Crippen LogP contribution < -0.4 is 18.9 Å². The first-order chi connectivity index (χ1) is 16.1. The topological polar surface area (TPSA) is 94.9 Å². The van der Waals surface area contributed by atoms with Crippen molar-refractivity contribution in [3.63, 3.8) is 0 Å². The van der Waals surface area contributed by atoms with Crippen molar-refractivity contribution < 1.29 is 23.4 Å². The van der Waals surface area contributed by atoms with E-state index in [9.17, 15) is 0 Å². The molecule has 0 fully saturated rings.